The summed E-state index contributed by atoms with van der Waals surface area (Å²) in [7, 11) is 0. The van der Waals surface area contributed by atoms with Gasteiger partial charge in [0, 0.05) is 12.2 Å². The lowest BCUT2D eigenvalue weighted by Gasteiger charge is -2.25. The number of alkyl halides is 7. The van der Waals surface area contributed by atoms with Gasteiger partial charge in [-0.15, -0.1) is 10.2 Å². The van der Waals surface area contributed by atoms with Gasteiger partial charge in [-0.2, -0.15) is 45.9 Å². The van der Waals surface area contributed by atoms with Crippen LogP contribution in [0.25, 0.3) is 5.82 Å². The van der Waals surface area contributed by atoms with Gasteiger partial charge in [0.25, 0.3) is 17.6 Å². The highest BCUT2D eigenvalue weighted by Crippen LogP contribution is 2.50. The molecule has 1 fully saturated rings. The Hall–Kier alpha value is -5.12. The second-order valence-corrected chi connectivity index (χ2v) is 10.5. The summed E-state index contributed by atoms with van der Waals surface area (Å²) in [6.07, 6.45) is -3.77. The lowest BCUT2D eigenvalue weighted by molar-refractivity contribution is -0.361. The number of aryl methyl sites for hydroxylation is 1. The van der Waals surface area contributed by atoms with E-state index in [-0.39, 0.29) is 49.9 Å². The summed E-state index contributed by atoms with van der Waals surface area (Å²) in [5.74, 6) is -16.1. The molecule has 3 heterocycles. The number of anilines is 1. The van der Waals surface area contributed by atoms with E-state index in [9.17, 15) is 45.6 Å². The molecule has 12 nitrogen and oxygen atoms in total. The van der Waals surface area contributed by atoms with Gasteiger partial charge in [0.1, 0.15) is 12.2 Å². The fourth-order valence-electron chi connectivity index (χ4n) is 4.13. The smallest absolute Gasteiger partial charge is 0.349 e. The van der Waals surface area contributed by atoms with Crippen LogP contribution in [0.15, 0.2) is 36.5 Å². The number of benzene rings is 1. The number of amides is 2. The average molecular weight is 671 g/mol. The summed E-state index contributed by atoms with van der Waals surface area (Å²) >= 11 is 6.25. The minimum Gasteiger partial charge on any atom is -0.349 e. The molecule has 0 spiro atoms. The molecule has 1 aliphatic carbocycles. The number of carbonyl (C=O) groups is 2. The fourth-order valence-corrected chi connectivity index (χ4v) is 4.33. The first-order valence-electron chi connectivity index (χ1n) is 13.0. The van der Waals surface area contributed by atoms with E-state index >= 15 is 0 Å². The van der Waals surface area contributed by atoms with Crippen molar-refractivity contribution in [1.29, 1.82) is 5.26 Å². The van der Waals surface area contributed by atoms with Crippen molar-refractivity contribution in [2.75, 3.05) is 5.32 Å². The van der Waals surface area contributed by atoms with Gasteiger partial charge < -0.3 is 10.6 Å². The van der Waals surface area contributed by atoms with Gasteiger partial charge in [-0.3, -0.25) is 9.59 Å². The molecule has 3 aromatic heterocycles. The molecule has 5 rings (SSSR count). The van der Waals surface area contributed by atoms with Crippen LogP contribution in [-0.4, -0.2) is 64.9 Å². The molecule has 2 N–H and O–H groups in total. The van der Waals surface area contributed by atoms with Crippen LogP contribution in [0.2, 0.25) is 5.02 Å². The van der Waals surface area contributed by atoms with Crippen molar-refractivity contribution < 1.29 is 40.3 Å². The maximum atomic E-state index is 14.1. The Morgan fingerprint density at radius 2 is 1.80 bits per heavy atom. The lowest BCUT2D eigenvalue weighted by Crippen LogP contribution is -2.50. The van der Waals surface area contributed by atoms with Crippen molar-refractivity contribution in [3.05, 3.63) is 75.5 Å². The molecule has 0 radical (unpaired) electrons. The summed E-state index contributed by atoms with van der Waals surface area (Å²) in [6, 6.07) is 8.59. The van der Waals surface area contributed by atoms with Crippen molar-refractivity contribution in [3.63, 3.8) is 0 Å². The number of halogens is 8. The largest absolute Gasteiger partial charge is 0.460 e. The number of aromatic nitrogens is 7. The summed E-state index contributed by atoms with van der Waals surface area (Å²) in [5, 5.41) is 27.7. The van der Waals surface area contributed by atoms with Crippen molar-refractivity contribution in [2.45, 2.75) is 50.4 Å². The van der Waals surface area contributed by atoms with Gasteiger partial charge in [0.15, 0.2) is 5.82 Å². The number of hydrogen-bond acceptors (Lipinski definition) is 8. The summed E-state index contributed by atoms with van der Waals surface area (Å²) < 4.78 is 93.9. The zero-order valence-corrected chi connectivity index (χ0v) is 23.8. The minimum absolute atomic E-state index is 0.000412. The maximum Gasteiger partial charge on any atom is 0.460 e. The summed E-state index contributed by atoms with van der Waals surface area (Å²) in [4.78, 5) is 31.0. The number of tetrazole rings is 1. The Kier molecular flexibility index (Phi) is 8.19. The molecule has 0 saturated heterocycles. The third kappa shape index (κ3) is 6.07. The second kappa shape index (κ2) is 11.7. The van der Waals surface area contributed by atoms with Crippen molar-refractivity contribution in [1.82, 2.24) is 40.3 Å². The number of nitriles is 1. The van der Waals surface area contributed by atoms with E-state index in [0.717, 1.165) is 23.6 Å². The molecule has 0 bridgehead atoms. The zero-order valence-electron chi connectivity index (χ0n) is 23.1. The average Bonchev–Trinajstić information content (AvgIpc) is 3.50. The first kappa shape index (κ1) is 32.3. The molecule has 0 atom stereocenters. The number of hydrogen-bond donors (Lipinski definition) is 2. The molecule has 20 heteroatoms. The van der Waals surface area contributed by atoms with Gasteiger partial charge in [-0.25, -0.2) is 9.67 Å². The van der Waals surface area contributed by atoms with Crippen molar-refractivity contribution in [3.8, 4) is 11.9 Å². The van der Waals surface area contributed by atoms with E-state index in [1.165, 1.54) is 30.5 Å². The predicted octanol–water partition coefficient (Wildman–Crippen LogP) is 4.57. The fraction of sp³-hybridized carbons (Fsp3) is 0.308. The number of carbonyl (C=O) groups excluding carboxylic acids is 2. The molecule has 1 aromatic carbocycles. The van der Waals surface area contributed by atoms with E-state index in [1.807, 2.05) is 6.07 Å². The highest BCUT2D eigenvalue weighted by atomic mass is 35.5. The van der Waals surface area contributed by atoms with E-state index in [2.05, 4.69) is 36.1 Å². The normalized spacial score (nSPS) is 13.7. The maximum absolute atomic E-state index is 14.1. The van der Waals surface area contributed by atoms with Crippen LogP contribution in [0.5, 0.6) is 0 Å². The topological polar surface area (TPSA) is 156 Å². The highest BCUT2D eigenvalue weighted by Gasteiger charge is 2.75. The molecule has 0 unspecified atom stereocenters. The molecule has 0 aliphatic heterocycles. The van der Waals surface area contributed by atoms with Crippen LogP contribution in [0.4, 0.5) is 36.4 Å². The zero-order chi connectivity index (χ0) is 33.6. The Morgan fingerprint density at radius 3 is 2.43 bits per heavy atom. The van der Waals surface area contributed by atoms with Gasteiger partial charge in [0.05, 0.1) is 33.6 Å². The first-order chi connectivity index (χ1) is 21.5. The number of rotatable bonds is 9. The quantitative estimate of drug-likeness (QED) is 0.245. The first-order valence-corrected chi connectivity index (χ1v) is 13.4. The number of pyridine rings is 1. The van der Waals surface area contributed by atoms with Crippen LogP contribution >= 0.6 is 11.6 Å². The highest BCUT2D eigenvalue weighted by molar-refractivity contribution is 6.32. The molecule has 2 amide bonds. The molecule has 46 heavy (non-hydrogen) atoms. The number of nitrogens with zero attached hydrogens (tertiary/aromatic N) is 8. The Labute approximate surface area is 258 Å². The monoisotopic (exact) mass is 670 g/mol. The van der Waals surface area contributed by atoms with Crippen LogP contribution < -0.4 is 10.6 Å². The van der Waals surface area contributed by atoms with E-state index in [1.54, 1.807) is 6.92 Å². The predicted molar refractivity (Wildman–Crippen MR) is 143 cm³/mol. The SMILES string of the molecule is Cc1cc(C#N)cc(C(=O)NC2CC2)c1NC(=O)c1cc(Cn2nnc(C(F)(F)C(F)(F)C(F)(F)F)n2)nn1-c1ncccc1Cl. The van der Waals surface area contributed by atoms with E-state index in [0.29, 0.717) is 5.56 Å². The summed E-state index contributed by atoms with van der Waals surface area (Å²) in [5.41, 5.74) is 0.0785. The number of nitrogens with one attached hydrogen (secondary N) is 2. The molecule has 4 aromatic rings. The Bertz CT molecular complexity index is 1880. The lowest BCUT2D eigenvalue weighted by atomic mass is 10.0. The molecule has 1 saturated carbocycles. The van der Waals surface area contributed by atoms with Crippen LogP contribution in [0, 0.1) is 18.3 Å². The second-order valence-electron chi connectivity index (χ2n) is 10.1. The van der Waals surface area contributed by atoms with E-state index in [4.69, 9.17) is 11.6 Å². The van der Waals surface area contributed by atoms with Crippen LogP contribution in [0.1, 0.15) is 56.3 Å². The summed E-state index contributed by atoms with van der Waals surface area (Å²) in [6.45, 7) is 0.818. The molecule has 1 aliphatic rings. The van der Waals surface area contributed by atoms with Gasteiger partial charge in [-0.1, -0.05) is 11.6 Å². The molecular weight excluding hydrogens is 653 g/mol. The van der Waals surface area contributed by atoms with Crippen molar-refractivity contribution in [2.24, 2.45) is 0 Å². The van der Waals surface area contributed by atoms with Gasteiger partial charge >= 0.3 is 18.0 Å². The van der Waals surface area contributed by atoms with E-state index < -0.39 is 42.2 Å². The van der Waals surface area contributed by atoms with Gasteiger partial charge in [-0.05, 0) is 60.9 Å². The molecular formula is C26H18ClF7N10O2. The Morgan fingerprint density at radius 1 is 1.09 bits per heavy atom. The third-order valence-corrected chi connectivity index (χ3v) is 6.88. The minimum atomic E-state index is -6.61. The van der Waals surface area contributed by atoms with Crippen LogP contribution in [-0.2, 0) is 12.5 Å². The van der Waals surface area contributed by atoms with Gasteiger partial charge in [0.2, 0.25) is 0 Å². The Balaban J connectivity index is 1.50. The molecule has 240 valence electrons. The standard InChI is InChI=1S/C26H18ClF7N10O2/c1-12-7-13(10-35)8-16(21(45)37-14-4-5-14)19(12)38-22(46)18-9-15(40-44(18)20-17(27)3-2-6-36-20)11-43-41-23(39-42-43)24(28,29)25(30,31)26(32,33)34/h2-3,6-9,14H,4-5,11H2,1H3,(H,37,45)(H,38,46). The third-order valence-electron chi connectivity index (χ3n) is 6.58. The van der Waals surface area contributed by atoms with Crippen molar-refractivity contribution >= 4 is 29.1 Å². The van der Waals surface area contributed by atoms with Crippen LogP contribution in [0.3, 0.4) is 0 Å².